The maximum Gasteiger partial charge on any atom is 0.159 e. The quantitative estimate of drug-likeness (QED) is 0.290. The Bertz CT molecular complexity index is 651. The van der Waals surface area contributed by atoms with Crippen molar-refractivity contribution in [3.8, 4) is 17.1 Å². The van der Waals surface area contributed by atoms with Gasteiger partial charge in [0.05, 0.1) is 6.61 Å². The van der Waals surface area contributed by atoms with Crippen LogP contribution in [0.3, 0.4) is 0 Å². The molecule has 0 aliphatic heterocycles. The number of rotatable bonds is 15. The average Bonchev–Trinajstić information content (AvgIpc) is 2.77. The molecule has 1 atom stereocenters. The maximum atomic E-state index is 5.82. The molecule has 2 rings (SSSR count). The van der Waals surface area contributed by atoms with E-state index in [1.807, 2.05) is 36.7 Å². The first-order valence-electron chi connectivity index (χ1n) is 11.8. The number of hydrogen-bond acceptors (Lipinski definition) is 3. The van der Waals surface area contributed by atoms with Crippen LogP contribution in [-0.4, -0.2) is 16.6 Å². The summed E-state index contributed by atoms with van der Waals surface area (Å²) < 4.78 is 5.82. The van der Waals surface area contributed by atoms with E-state index in [-0.39, 0.29) is 0 Å². The van der Waals surface area contributed by atoms with E-state index in [2.05, 4.69) is 30.7 Å². The number of hydrogen-bond donors (Lipinski definition) is 0. The second-order valence-electron chi connectivity index (χ2n) is 8.34. The Kier molecular flexibility index (Phi) is 11.4. The van der Waals surface area contributed by atoms with Crippen LogP contribution in [0.25, 0.3) is 11.4 Å². The molecule has 0 bridgehead atoms. The number of benzene rings is 1. The number of unbranched alkanes of at least 4 members (excludes halogenated alkanes) is 8. The van der Waals surface area contributed by atoms with E-state index in [4.69, 9.17) is 4.74 Å². The molecule has 0 unspecified atom stereocenters. The van der Waals surface area contributed by atoms with Gasteiger partial charge in [-0.05, 0) is 48.6 Å². The van der Waals surface area contributed by atoms with Crippen LogP contribution in [0.1, 0.15) is 90.5 Å². The van der Waals surface area contributed by atoms with Crippen molar-refractivity contribution in [1.82, 2.24) is 9.97 Å². The highest BCUT2D eigenvalue weighted by Gasteiger charge is 2.04. The van der Waals surface area contributed by atoms with E-state index in [1.54, 1.807) is 0 Å². The average molecular weight is 397 g/mol. The van der Waals surface area contributed by atoms with Gasteiger partial charge in [0.25, 0.3) is 0 Å². The molecule has 2 aromatic rings. The predicted molar refractivity (Wildman–Crippen MR) is 123 cm³/mol. The van der Waals surface area contributed by atoms with Gasteiger partial charge in [0, 0.05) is 18.0 Å². The molecule has 0 radical (unpaired) electrons. The molecule has 1 heterocycles. The summed E-state index contributed by atoms with van der Waals surface area (Å²) >= 11 is 0. The number of aromatic nitrogens is 2. The summed E-state index contributed by atoms with van der Waals surface area (Å²) in [5.74, 6) is 2.28. The largest absolute Gasteiger partial charge is 0.493 e. The zero-order valence-corrected chi connectivity index (χ0v) is 18.8. The van der Waals surface area contributed by atoms with E-state index in [9.17, 15) is 0 Å². The molecule has 0 N–H and O–H groups in total. The van der Waals surface area contributed by atoms with Gasteiger partial charge in [-0.3, -0.25) is 0 Å². The molecule has 0 amide bonds. The summed E-state index contributed by atoms with van der Waals surface area (Å²) in [7, 11) is 0. The van der Waals surface area contributed by atoms with Gasteiger partial charge < -0.3 is 4.74 Å². The third-order valence-corrected chi connectivity index (χ3v) is 5.62. The van der Waals surface area contributed by atoms with Gasteiger partial charge in [0.15, 0.2) is 5.82 Å². The summed E-state index contributed by atoms with van der Waals surface area (Å²) in [5.41, 5.74) is 2.28. The Labute approximate surface area is 178 Å². The van der Waals surface area contributed by atoms with E-state index in [1.165, 1.54) is 63.4 Å². The van der Waals surface area contributed by atoms with Crippen LogP contribution < -0.4 is 4.74 Å². The highest BCUT2D eigenvalue weighted by atomic mass is 16.5. The first kappa shape index (κ1) is 23.4. The summed E-state index contributed by atoms with van der Waals surface area (Å²) in [6.07, 6.45) is 18.4. The number of nitrogens with zero attached hydrogens (tertiary/aromatic N) is 2. The van der Waals surface area contributed by atoms with Crippen LogP contribution in [0.15, 0.2) is 36.7 Å². The van der Waals surface area contributed by atoms with E-state index < -0.39 is 0 Å². The van der Waals surface area contributed by atoms with Gasteiger partial charge in [-0.2, -0.15) is 0 Å². The highest BCUT2D eigenvalue weighted by Crippen LogP contribution is 2.20. The molecule has 0 aliphatic rings. The summed E-state index contributed by atoms with van der Waals surface area (Å²) in [5, 5.41) is 0. The second-order valence-corrected chi connectivity index (χ2v) is 8.34. The molecule has 3 nitrogen and oxygen atoms in total. The lowest BCUT2D eigenvalue weighted by Crippen LogP contribution is -2.07. The third kappa shape index (κ3) is 9.43. The molecule has 0 saturated carbocycles. The fraction of sp³-hybridized carbons (Fsp3) is 0.615. The summed E-state index contributed by atoms with van der Waals surface area (Å²) in [4.78, 5) is 9.14. The van der Waals surface area contributed by atoms with Crippen molar-refractivity contribution in [3.63, 3.8) is 0 Å². The molecule has 29 heavy (non-hydrogen) atoms. The SMILES string of the molecule is CCCCCCCCCCCc1cnc(-c2ccc(OC[C@@H](C)CC)cc2)nc1. The van der Waals surface area contributed by atoms with E-state index >= 15 is 0 Å². The minimum atomic E-state index is 0.580. The number of aryl methyl sites for hydroxylation is 1. The van der Waals surface area contributed by atoms with Gasteiger partial charge in [0.2, 0.25) is 0 Å². The van der Waals surface area contributed by atoms with Crippen LogP contribution in [0.2, 0.25) is 0 Å². The normalized spacial score (nSPS) is 12.1. The molecule has 0 aliphatic carbocycles. The summed E-state index contributed by atoms with van der Waals surface area (Å²) in [6, 6.07) is 8.11. The lowest BCUT2D eigenvalue weighted by Gasteiger charge is -2.11. The van der Waals surface area contributed by atoms with Crippen molar-refractivity contribution >= 4 is 0 Å². The van der Waals surface area contributed by atoms with Gasteiger partial charge >= 0.3 is 0 Å². The standard InChI is InChI=1S/C26H40N2O/c1-4-6-7-8-9-10-11-12-13-14-23-19-27-26(28-20-23)24-15-17-25(18-16-24)29-21-22(3)5-2/h15-20,22H,4-14,21H2,1-3H3/t22-/m0/s1. The maximum absolute atomic E-state index is 5.82. The molecule has 0 fully saturated rings. The minimum Gasteiger partial charge on any atom is -0.493 e. The Balaban J connectivity index is 1.67. The minimum absolute atomic E-state index is 0.580. The molecule has 0 spiro atoms. The molecule has 0 saturated heterocycles. The second kappa shape index (κ2) is 14.1. The topological polar surface area (TPSA) is 35.0 Å². The third-order valence-electron chi connectivity index (χ3n) is 5.62. The summed E-state index contributed by atoms with van der Waals surface area (Å²) in [6.45, 7) is 7.43. The Morgan fingerprint density at radius 3 is 1.97 bits per heavy atom. The van der Waals surface area contributed by atoms with Crippen LogP contribution in [0.4, 0.5) is 0 Å². The van der Waals surface area contributed by atoms with Crippen LogP contribution in [0.5, 0.6) is 5.75 Å². The van der Waals surface area contributed by atoms with Gasteiger partial charge in [0.1, 0.15) is 5.75 Å². The lowest BCUT2D eigenvalue weighted by atomic mass is 10.1. The Morgan fingerprint density at radius 1 is 0.793 bits per heavy atom. The number of ether oxygens (including phenoxy) is 1. The van der Waals surface area contributed by atoms with Crippen molar-refractivity contribution in [2.45, 2.75) is 91.4 Å². The van der Waals surface area contributed by atoms with Crippen molar-refractivity contribution in [1.29, 1.82) is 0 Å². The fourth-order valence-electron chi connectivity index (χ4n) is 3.33. The lowest BCUT2D eigenvalue weighted by molar-refractivity contribution is 0.256. The first-order chi connectivity index (χ1) is 14.2. The highest BCUT2D eigenvalue weighted by molar-refractivity contribution is 5.55. The molecule has 160 valence electrons. The molecular weight excluding hydrogens is 356 g/mol. The van der Waals surface area contributed by atoms with Crippen LogP contribution in [0, 0.1) is 5.92 Å². The van der Waals surface area contributed by atoms with Crippen molar-refractivity contribution < 1.29 is 4.74 Å². The Morgan fingerprint density at radius 2 is 1.38 bits per heavy atom. The Hall–Kier alpha value is -1.90. The monoisotopic (exact) mass is 396 g/mol. The van der Waals surface area contributed by atoms with Gasteiger partial charge in [-0.1, -0.05) is 78.6 Å². The van der Waals surface area contributed by atoms with Crippen molar-refractivity contribution in [3.05, 3.63) is 42.2 Å². The van der Waals surface area contributed by atoms with Crippen molar-refractivity contribution in [2.75, 3.05) is 6.61 Å². The van der Waals surface area contributed by atoms with Crippen LogP contribution >= 0.6 is 0 Å². The van der Waals surface area contributed by atoms with Crippen molar-refractivity contribution in [2.24, 2.45) is 5.92 Å². The van der Waals surface area contributed by atoms with Gasteiger partial charge in [-0.25, -0.2) is 9.97 Å². The smallest absolute Gasteiger partial charge is 0.159 e. The van der Waals surface area contributed by atoms with E-state index in [0.717, 1.165) is 36.6 Å². The zero-order chi connectivity index (χ0) is 20.7. The fourth-order valence-corrected chi connectivity index (χ4v) is 3.33. The molecule has 1 aromatic carbocycles. The molecule has 3 heteroatoms. The van der Waals surface area contributed by atoms with Gasteiger partial charge in [-0.15, -0.1) is 0 Å². The first-order valence-corrected chi connectivity index (χ1v) is 11.8. The molecule has 1 aromatic heterocycles. The van der Waals surface area contributed by atoms with E-state index in [0.29, 0.717) is 5.92 Å². The predicted octanol–water partition coefficient (Wildman–Crippen LogP) is 7.64. The zero-order valence-electron chi connectivity index (χ0n) is 18.8. The van der Waals surface area contributed by atoms with Crippen LogP contribution in [-0.2, 0) is 6.42 Å². The molecular formula is C26H40N2O.